The van der Waals surface area contributed by atoms with E-state index in [2.05, 4.69) is 45.1 Å². The molecule has 144 valence electrons. The van der Waals surface area contributed by atoms with Crippen molar-refractivity contribution in [3.63, 3.8) is 0 Å². The van der Waals surface area contributed by atoms with Gasteiger partial charge in [0.1, 0.15) is 5.82 Å². The molecular weight excluding hydrogens is 356 g/mol. The number of rotatable bonds is 6. The van der Waals surface area contributed by atoms with Crippen LogP contribution in [0.4, 0.5) is 0 Å². The molecule has 1 saturated heterocycles. The zero-order valence-corrected chi connectivity index (χ0v) is 17.0. The van der Waals surface area contributed by atoms with Gasteiger partial charge in [-0.05, 0) is 57.4 Å². The molecule has 0 N–H and O–H groups in total. The SMILES string of the molecule is Cc1nnc(S[C@H](C)C(=O)N2CCC(Cc3ccccc3)CC2)n1C1CC1. The third kappa shape index (κ3) is 4.37. The number of likely N-dealkylation sites (tertiary alicyclic amines) is 1. The lowest BCUT2D eigenvalue weighted by Crippen LogP contribution is -2.42. The molecule has 2 aromatic rings. The molecule has 1 aromatic carbocycles. The Labute approximate surface area is 165 Å². The van der Waals surface area contributed by atoms with Crippen LogP contribution >= 0.6 is 11.8 Å². The molecule has 1 aliphatic heterocycles. The normalized spacial score (nSPS) is 19.3. The lowest BCUT2D eigenvalue weighted by Gasteiger charge is -2.33. The summed E-state index contributed by atoms with van der Waals surface area (Å²) in [5.41, 5.74) is 1.40. The van der Waals surface area contributed by atoms with Crippen molar-refractivity contribution >= 4 is 17.7 Å². The highest BCUT2D eigenvalue weighted by molar-refractivity contribution is 8.00. The third-order valence-electron chi connectivity index (χ3n) is 5.67. The predicted molar refractivity (Wildman–Crippen MR) is 108 cm³/mol. The molecule has 0 unspecified atom stereocenters. The van der Waals surface area contributed by atoms with Crippen molar-refractivity contribution in [1.29, 1.82) is 0 Å². The van der Waals surface area contributed by atoms with Crippen LogP contribution in [0.25, 0.3) is 0 Å². The zero-order valence-electron chi connectivity index (χ0n) is 16.2. The van der Waals surface area contributed by atoms with E-state index < -0.39 is 0 Å². The second-order valence-corrected chi connectivity index (χ2v) is 9.16. The molecule has 2 aliphatic rings. The molecule has 4 rings (SSSR count). The summed E-state index contributed by atoms with van der Waals surface area (Å²) in [4.78, 5) is 15.0. The van der Waals surface area contributed by atoms with Crippen molar-refractivity contribution in [2.24, 2.45) is 5.92 Å². The van der Waals surface area contributed by atoms with E-state index in [9.17, 15) is 4.79 Å². The molecule has 2 fully saturated rings. The fourth-order valence-corrected chi connectivity index (χ4v) is 5.00. The molecule has 1 amide bonds. The minimum absolute atomic E-state index is 0.114. The van der Waals surface area contributed by atoms with Crippen LogP contribution in [0.2, 0.25) is 0 Å². The Morgan fingerprint density at radius 3 is 2.52 bits per heavy atom. The van der Waals surface area contributed by atoms with E-state index in [0.717, 1.165) is 43.3 Å². The summed E-state index contributed by atoms with van der Waals surface area (Å²) in [6.07, 6.45) is 5.70. The Morgan fingerprint density at radius 1 is 1.15 bits per heavy atom. The van der Waals surface area contributed by atoms with Crippen LogP contribution in [0.3, 0.4) is 0 Å². The van der Waals surface area contributed by atoms with Gasteiger partial charge in [0.25, 0.3) is 0 Å². The van der Waals surface area contributed by atoms with Gasteiger partial charge in [-0.15, -0.1) is 10.2 Å². The van der Waals surface area contributed by atoms with Gasteiger partial charge in [0.2, 0.25) is 5.91 Å². The van der Waals surface area contributed by atoms with E-state index in [0.29, 0.717) is 12.0 Å². The maximum atomic E-state index is 12.9. The monoisotopic (exact) mass is 384 g/mol. The lowest BCUT2D eigenvalue weighted by atomic mass is 9.90. The third-order valence-corrected chi connectivity index (χ3v) is 6.71. The zero-order chi connectivity index (χ0) is 18.8. The molecule has 5 nitrogen and oxygen atoms in total. The van der Waals surface area contributed by atoms with E-state index in [1.807, 2.05) is 18.7 Å². The molecule has 0 bridgehead atoms. The van der Waals surface area contributed by atoms with Crippen LogP contribution in [-0.4, -0.2) is 43.9 Å². The van der Waals surface area contributed by atoms with E-state index in [4.69, 9.17) is 0 Å². The Kier molecular flexibility index (Phi) is 5.53. The van der Waals surface area contributed by atoms with Crippen molar-refractivity contribution in [3.05, 3.63) is 41.7 Å². The number of piperidine rings is 1. The summed E-state index contributed by atoms with van der Waals surface area (Å²) in [6, 6.07) is 11.2. The van der Waals surface area contributed by atoms with Crippen LogP contribution in [0.15, 0.2) is 35.5 Å². The van der Waals surface area contributed by atoms with E-state index in [1.165, 1.54) is 18.4 Å². The first kappa shape index (κ1) is 18.5. The highest BCUT2D eigenvalue weighted by atomic mass is 32.2. The first-order valence-corrected chi connectivity index (χ1v) is 10.9. The number of aromatic nitrogens is 3. The van der Waals surface area contributed by atoms with Crippen molar-refractivity contribution < 1.29 is 4.79 Å². The maximum Gasteiger partial charge on any atom is 0.235 e. The highest BCUT2D eigenvalue weighted by Crippen LogP contribution is 2.39. The number of amides is 1. The second-order valence-electron chi connectivity index (χ2n) is 7.85. The Morgan fingerprint density at radius 2 is 1.85 bits per heavy atom. The average molecular weight is 385 g/mol. The molecule has 0 spiro atoms. The minimum Gasteiger partial charge on any atom is -0.342 e. The highest BCUT2D eigenvalue weighted by Gasteiger charge is 2.31. The Bertz CT molecular complexity index is 779. The number of carbonyl (C=O) groups excluding carboxylic acids is 1. The summed E-state index contributed by atoms with van der Waals surface area (Å²) < 4.78 is 2.21. The van der Waals surface area contributed by atoms with Gasteiger partial charge < -0.3 is 9.47 Å². The predicted octanol–water partition coefficient (Wildman–Crippen LogP) is 3.88. The number of carbonyl (C=O) groups is 1. The van der Waals surface area contributed by atoms with Crippen LogP contribution < -0.4 is 0 Å². The largest absolute Gasteiger partial charge is 0.342 e. The molecule has 27 heavy (non-hydrogen) atoms. The summed E-state index contributed by atoms with van der Waals surface area (Å²) in [5.74, 6) is 1.88. The number of hydrogen-bond acceptors (Lipinski definition) is 4. The summed E-state index contributed by atoms with van der Waals surface area (Å²) in [6.45, 7) is 5.74. The van der Waals surface area contributed by atoms with Gasteiger partial charge in [0, 0.05) is 19.1 Å². The smallest absolute Gasteiger partial charge is 0.235 e. The Balaban J connectivity index is 1.30. The molecule has 1 aromatic heterocycles. The maximum absolute atomic E-state index is 12.9. The first-order chi connectivity index (χ1) is 13.1. The van der Waals surface area contributed by atoms with E-state index in [-0.39, 0.29) is 11.2 Å². The quantitative estimate of drug-likeness (QED) is 0.709. The van der Waals surface area contributed by atoms with Crippen LogP contribution in [0.1, 0.15) is 50.0 Å². The molecule has 1 atom stereocenters. The average Bonchev–Trinajstić information content (AvgIpc) is 3.46. The molecule has 1 saturated carbocycles. The van der Waals surface area contributed by atoms with Crippen molar-refractivity contribution in [2.75, 3.05) is 13.1 Å². The molecular formula is C21H28N4OS. The number of aryl methyl sites for hydroxylation is 1. The Hall–Kier alpha value is -1.82. The van der Waals surface area contributed by atoms with E-state index in [1.54, 1.807) is 11.8 Å². The van der Waals surface area contributed by atoms with Gasteiger partial charge in [-0.25, -0.2) is 0 Å². The molecule has 0 radical (unpaired) electrons. The second kappa shape index (κ2) is 8.05. The standard InChI is InChI=1S/C21H28N4OS/c1-15(27-21-23-22-16(2)25(21)19-8-9-19)20(26)24-12-10-18(11-13-24)14-17-6-4-3-5-7-17/h3-7,15,18-19H,8-14H2,1-2H3/t15-/m1/s1. The fraction of sp³-hybridized carbons (Fsp3) is 0.571. The number of hydrogen-bond donors (Lipinski definition) is 0. The van der Waals surface area contributed by atoms with Gasteiger partial charge in [-0.3, -0.25) is 4.79 Å². The van der Waals surface area contributed by atoms with Crippen LogP contribution in [0, 0.1) is 12.8 Å². The van der Waals surface area contributed by atoms with E-state index >= 15 is 0 Å². The van der Waals surface area contributed by atoms with Crippen LogP contribution in [-0.2, 0) is 11.2 Å². The van der Waals surface area contributed by atoms with Gasteiger partial charge in [0.05, 0.1) is 5.25 Å². The summed E-state index contributed by atoms with van der Waals surface area (Å²) in [7, 11) is 0. The first-order valence-electron chi connectivity index (χ1n) is 10.0. The number of nitrogens with zero attached hydrogens (tertiary/aromatic N) is 4. The van der Waals surface area contributed by atoms with Crippen molar-refractivity contribution in [1.82, 2.24) is 19.7 Å². The van der Waals surface area contributed by atoms with Gasteiger partial charge in [-0.2, -0.15) is 0 Å². The van der Waals surface area contributed by atoms with Gasteiger partial charge in [-0.1, -0.05) is 42.1 Å². The minimum atomic E-state index is -0.114. The number of benzene rings is 1. The van der Waals surface area contributed by atoms with Gasteiger partial charge in [0.15, 0.2) is 5.16 Å². The summed E-state index contributed by atoms with van der Waals surface area (Å²) >= 11 is 1.56. The molecule has 1 aliphatic carbocycles. The van der Waals surface area contributed by atoms with Crippen molar-refractivity contribution in [2.45, 2.75) is 62.4 Å². The van der Waals surface area contributed by atoms with Crippen molar-refractivity contribution in [3.8, 4) is 0 Å². The van der Waals surface area contributed by atoms with Gasteiger partial charge >= 0.3 is 0 Å². The molecule has 2 heterocycles. The van der Waals surface area contributed by atoms with Crippen LogP contribution in [0.5, 0.6) is 0 Å². The fourth-order valence-electron chi connectivity index (χ4n) is 3.95. The topological polar surface area (TPSA) is 51.0 Å². The summed E-state index contributed by atoms with van der Waals surface area (Å²) in [5, 5.41) is 9.31. The lowest BCUT2D eigenvalue weighted by molar-refractivity contribution is -0.131. The number of thioether (sulfide) groups is 1. The molecule has 6 heteroatoms.